The van der Waals surface area contributed by atoms with E-state index in [1.54, 1.807) is 31.2 Å². The maximum Gasteiger partial charge on any atom is 0.256 e. The molecule has 0 bridgehead atoms. The number of hydrogen-bond acceptors (Lipinski definition) is 6. The summed E-state index contributed by atoms with van der Waals surface area (Å²) in [5.41, 5.74) is 4.35. The molecule has 1 aromatic heterocycles. The molecule has 0 aliphatic carbocycles. The zero-order chi connectivity index (χ0) is 25.1. The number of β-amino-alcohol motifs (C(OH)–C–C–N with tert-alkyl or cyclic N) is 1. The molecule has 0 spiro atoms. The minimum atomic E-state index is -1.13. The van der Waals surface area contributed by atoms with Crippen LogP contribution in [-0.4, -0.2) is 82.6 Å². The van der Waals surface area contributed by atoms with Crippen LogP contribution >= 0.6 is 0 Å². The Kier molecular flexibility index (Phi) is 7.98. The average Bonchev–Trinajstić information content (AvgIpc) is 3.31. The Balaban J connectivity index is 1.50. The number of H-pyrrole nitrogens is 1. The zero-order valence-corrected chi connectivity index (χ0v) is 21.1. The van der Waals surface area contributed by atoms with E-state index in [2.05, 4.69) is 20.5 Å². The van der Waals surface area contributed by atoms with Crippen LogP contribution in [0, 0.1) is 13.8 Å². The number of aliphatic hydroxyl groups is 1. The van der Waals surface area contributed by atoms with Gasteiger partial charge in [0.15, 0.2) is 4.90 Å². The third kappa shape index (κ3) is 5.62. The highest BCUT2D eigenvalue weighted by Gasteiger charge is 2.27. The van der Waals surface area contributed by atoms with Crippen LogP contribution in [0.15, 0.2) is 23.1 Å². The summed E-state index contributed by atoms with van der Waals surface area (Å²) in [6.07, 6.45) is 1.05. The van der Waals surface area contributed by atoms with Crippen molar-refractivity contribution in [3.05, 3.63) is 46.3 Å². The Morgan fingerprint density at radius 3 is 2.80 bits per heavy atom. The molecule has 4 rings (SSSR count). The van der Waals surface area contributed by atoms with Crippen molar-refractivity contribution in [2.75, 3.05) is 50.5 Å². The molecule has 1 aromatic carbocycles. The molecule has 10 heteroatoms. The van der Waals surface area contributed by atoms with Crippen molar-refractivity contribution < 1.29 is 24.0 Å². The highest BCUT2D eigenvalue weighted by atomic mass is 32.2. The summed E-state index contributed by atoms with van der Waals surface area (Å²) >= 11 is -1.13. The zero-order valence-electron chi connectivity index (χ0n) is 20.3. The second kappa shape index (κ2) is 11.0. The SMILES string of the molecule is CC[S+]([O-])c1ccc2c(c1)/C(=C/c1[nH]c(C)c(C(=O)NCC(O)CN3CCOCC3)c1C)C(=O)N2. The number of nitrogens with one attached hydrogen (secondary N) is 3. The summed E-state index contributed by atoms with van der Waals surface area (Å²) < 4.78 is 17.6. The lowest BCUT2D eigenvalue weighted by atomic mass is 10.0. The number of morpholine rings is 1. The van der Waals surface area contributed by atoms with Crippen molar-refractivity contribution in [1.29, 1.82) is 0 Å². The van der Waals surface area contributed by atoms with E-state index in [0.717, 1.165) is 13.1 Å². The molecule has 2 aliphatic heterocycles. The Morgan fingerprint density at radius 1 is 1.34 bits per heavy atom. The number of benzene rings is 1. The van der Waals surface area contributed by atoms with Gasteiger partial charge in [-0.2, -0.15) is 0 Å². The summed E-state index contributed by atoms with van der Waals surface area (Å²) in [6.45, 7) is 8.94. The van der Waals surface area contributed by atoms with Gasteiger partial charge in [-0.05, 0) is 55.7 Å². The fraction of sp³-hybridized carbons (Fsp3) is 0.440. The summed E-state index contributed by atoms with van der Waals surface area (Å²) in [5, 5.41) is 16.0. The first-order chi connectivity index (χ1) is 16.8. The highest BCUT2D eigenvalue weighted by Crippen LogP contribution is 2.35. The van der Waals surface area contributed by atoms with Crippen molar-refractivity contribution in [2.24, 2.45) is 0 Å². The molecule has 9 nitrogen and oxygen atoms in total. The number of nitrogens with zero attached hydrogens (tertiary/aromatic N) is 1. The maximum absolute atomic E-state index is 12.9. The Hall–Kier alpha value is -2.63. The van der Waals surface area contributed by atoms with E-state index in [-0.39, 0.29) is 18.4 Å². The summed E-state index contributed by atoms with van der Waals surface area (Å²) in [5.74, 6) is -0.0320. The van der Waals surface area contributed by atoms with E-state index in [9.17, 15) is 19.2 Å². The minimum absolute atomic E-state index is 0.143. The van der Waals surface area contributed by atoms with Gasteiger partial charge in [0.2, 0.25) is 0 Å². The number of ether oxygens (including phenoxy) is 1. The molecule has 4 N–H and O–H groups in total. The topological polar surface area (TPSA) is 130 Å². The van der Waals surface area contributed by atoms with Gasteiger partial charge >= 0.3 is 0 Å². The lowest BCUT2D eigenvalue weighted by Crippen LogP contribution is -2.44. The normalized spacial score (nSPS) is 18.9. The Bertz CT molecular complexity index is 1140. The van der Waals surface area contributed by atoms with Crippen LogP contribution < -0.4 is 10.6 Å². The van der Waals surface area contributed by atoms with Crippen LogP contribution in [0.5, 0.6) is 0 Å². The smallest absolute Gasteiger partial charge is 0.256 e. The quantitative estimate of drug-likeness (QED) is 0.322. The second-order valence-electron chi connectivity index (χ2n) is 8.79. The first-order valence-electron chi connectivity index (χ1n) is 11.8. The van der Waals surface area contributed by atoms with E-state index in [1.165, 1.54) is 0 Å². The fourth-order valence-electron chi connectivity index (χ4n) is 4.47. The van der Waals surface area contributed by atoms with Gasteiger partial charge in [0.25, 0.3) is 11.8 Å². The van der Waals surface area contributed by atoms with Gasteiger partial charge in [0.1, 0.15) is 5.75 Å². The summed E-state index contributed by atoms with van der Waals surface area (Å²) in [4.78, 5) is 31.6. The number of hydrogen-bond donors (Lipinski definition) is 4. The first-order valence-corrected chi connectivity index (χ1v) is 13.1. The average molecular weight is 501 g/mol. The van der Waals surface area contributed by atoms with Gasteiger partial charge in [0, 0.05) is 54.9 Å². The minimum Gasteiger partial charge on any atom is -0.611 e. The number of aliphatic hydroxyl groups excluding tert-OH is 1. The van der Waals surface area contributed by atoms with Crippen molar-refractivity contribution in [2.45, 2.75) is 31.8 Å². The molecule has 0 radical (unpaired) electrons. The van der Waals surface area contributed by atoms with Crippen molar-refractivity contribution in [3.8, 4) is 0 Å². The molecule has 188 valence electrons. The van der Waals surface area contributed by atoms with E-state index in [1.807, 2.05) is 13.8 Å². The lowest BCUT2D eigenvalue weighted by molar-refractivity contribution is -0.110. The molecule has 3 heterocycles. The molecule has 2 aromatic rings. The largest absolute Gasteiger partial charge is 0.611 e. The molecule has 1 saturated heterocycles. The number of fused-ring (bicyclic) bond motifs is 1. The third-order valence-electron chi connectivity index (χ3n) is 6.36. The number of carbonyl (C=O) groups excluding carboxylic acids is 2. The van der Waals surface area contributed by atoms with Gasteiger partial charge in [-0.25, -0.2) is 0 Å². The monoisotopic (exact) mass is 500 g/mol. The van der Waals surface area contributed by atoms with Crippen LogP contribution in [0.3, 0.4) is 0 Å². The fourth-order valence-corrected chi connectivity index (χ4v) is 5.27. The maximum atomic E-state index is 12.9. The molecule has 2 atom stereocenters. The number of anilines is 1. The number of rotatable bonds is 8. The molecular formula is C25H32N4O5S. The molecule has 1 fully saturated rings. The predicted octanol–water partition coefficient (Wildman–Crippen LogP) is 1.67. The third-order valence-corrected chi connectivity index (χ3v) is 7.67. The van der Waals surface area contributed by atoms with Crippen molar-refractivity contribution in [1.82, 2.24) is 15.2 Å². The highest BCUT2D eigenvalue weighted by molar-refractivity contribution is 7.91. The molecule has 35 heavy (non-hydrogen) atoms. The van der Waals surface area contributed by atoms with Gasteiger partial charge in [0.05, 0.1) is 30.5 Å². The van der Waals surface area contributed by atoms with E-state index in [4.69, 9.17) is 4.74 Å². The standard InChI is InChI=1S/C25H32N4O5S/c1-4-35(33)18-5-6-21-19(11-18)20(24(31)28-21)12-22-15(2)23(16(3)27-22)25(32)26-13-17(30)14-29-7-9-34-10-8-29/h5-6,11-12,17,27,30H,4,7-10,13-14H2,1-3H3,(H,26,32)(H,28,31)/b20-12-. The molecule has 2 amide bonds. The molecule has 2 aliphatic rings. The summed E-state index contributed by atoms with van der Waals surface area (Å²) in [6, 6.07) is 5.32. The predicted molar refractivity (Wildman–Crippen MR) is 136 cm³/mol. The van der Waals surface area contributed by atoms with E-state index >= 15 is 0 Å². The van der Waals surface area contributed by atoms with E-state index in [0.29, 0.717) is 69.7 Å². The van der Waals surface area contributed by atoms with E-state index < -0.39 is 17.3 Å². The van der Waals surface area contributed by atoms with Crippen LogP contribution in [0.1, 0.15) is 39.8 Å². The number of amides is 2. The molecular weight excluding hydrogens is 468 g/mol. The number of aryl methyl sites for hydroxylation is 1. The van der Waals surface area contributed by atoms with Gasteiger partial charge in [-0.3, -0.25) is 14.5 Å². The number of carbonyl (C=O) groups is 2. The molecule has 0 saturated carbocycles. The first kappa shape index (κ1) is 25.5. The lowest BCUT2D eigenvalue weighted by Gasteiger charge is -2.28. The number of aromatic nitrogens is 1. The van der Waals surface area contributed by atoms with Gasteiger partial charge < -0.3 is 30.0 Å². The van der Waals surface area contributed by atoms with Crippen LogP contribution in [0.25, 0.3) is 11.6 Å². The molecule has 2 unspecified atom stereocenters. The van der Waals surface area contributed by atoms with Gasteiger partial charge in [-0.1, -0.05) is 0 Å². The van der Waals surface area contributed by atoms with Crippen LogP contribution in [0.2, 0.25) is 0 Å². The van der Waals surface area contributed by atoms with Crippen molar-refractivity contribution >= 4 is 40.3 Å². The number of aromatic amines is 1. The van der Waals surface area contributed by atoms with Gasteiger partial charge in [-0.15, -0.1) is 0 Å². The summed E-state index contributed by atoms with van der Waals surface area (Å²) in [7, 11) is 0. The Labute approximate surface area is 208 Å². The Morgan fingerprint density at radius 2 is 2.09 bits per heavy atom. The second-order valence-corrected chi connectivity index (χ2v) is 10.5. The van der Waals surface area contributed by atoms with Crippen molar-refractivity contribution in [3.63, 3.8) is 0 Å². The van der Waals surface area contributed by atoms with Crippen LogP contribution in [0.4, 0.5) is 5.69 Å². The van der Waals surface area contributed by atoms with Crippen LogP contribution in [-0.2, 0) is 20.7 Å².